The van der Waals surface area contributed by atoms with Gasteiger partial charge in [0.05, 0.1) is 18.2 Å². The van der Waals surface area contributed by atoms with Crippen LogP contribution in [0.2, 0.25) is 0 Å². The molecule has 0 unspecified atom stereocenters. The molecule has 0 bridgehead atoms. The van der Waals surface area contributed by atoms with Gasteiger partial charge >= 0.3 is 11.9 Å². The number of amides is 1. The first kappa shape index (κ1) is 19.7. The molecule has 1 aromatic carbocycles. The van der Waals surface area contributed by atoms with Crippen molar-refractivity contribution in [1.82, 2.24) is 0 Å². The molecule has 1 aromatic heterocycles. The highest BCUT2D eigenvalue weighted by Crippen LogP contribution is 2.32. The van der Waals surface area contributed by atoms with Crippen molar-refractivity contribution in [3.05, 3.63) is 50.9 Å². The molecule has 1 amide bonds. The van der Waals surface area contributed by atoms with E-state index in [-0.39, 0.29) is 0 Å². The van der Waals surface area contributed by atoms with Crippen molar-refractivity contribution in [2.75, 3.05) is 19.0 Å². The average molecular weight is 375 g/mol. The summed E-state index contributed by atoms with van der Waals surface area (Å²) >= 11 is 1.27. The van der Waals surface area contributed by atoms with Crippen molar-refractivity contribution < 1.29 is 23.9 Å². The second-order valence-corrected chi connectivity index (χ2v) is 7.15. The average Bonchev–Trinajstić information content (AvgIpc) is 2.88. The lowest BCUT2D eigenvalue weighted by Crippen LogP contribution is -2.22. The number of carbonyl (C=O) groups excluding carboxylic acids is 3. The van der Waals surface area contributed by atoms with E-state index in [0.29, 0.717) is 16.1 Å². The molecule has 2 rings (SSSR count). The number of methoxy groups -OCH3 is 1. The molecule has 0 spiro atoms. The van der Waals surface area contributed by atoms with Gasteiger partial charge in [0.15, 0.2) is 6.61 Å². The summed E-state index contributed by atoms with van der Waals surface area (Å²) in [5.41, 5.74) is 3.21. The number of nitrogens with one attached hydrogen (secondary N) is 1. The predicted molar refractivity (Wildman–Crippen MR) is 100.0 cm³/mol. The summed E-state index contributed by atoms with van der Waals surface area (Å²) in [4.78, 5) is 37.1. The number of carbonyl (C=O) groups is 3. The van der Waals surface area contributed by atoms with Gasteiger partial charge < -0.3 is 14.8 Å². The Morgan fingerprint density at radius 3 is 2.42 bits per heavy atom. The molecule has 7 heteroatoms. The van der Waals surface area contributed by atoms with Crippen LogP contribution in [0.4, 0.5) is 5.00 Å². The summed E-state index contributed by atoms with van der Waals surface area (Å²) in [6.07, 6.45) is 0. The first-order chi connectivity index (χ1) is 12.2. The number of thiophene rings is 1. The first-order valence-corrected chi connectivity index (χ1v) is 8.78. The summed E-state index contributed by atoms with van der Waals surface area (Å²) in [5, 5.41) is 3.01. The minimum absolute atomic E-state index is 0.323. The zero-order valence-corrected chi connectivity index (χ0v) is 16.2. The summed E-state index contributed by atoms with van der Waals surface area (Å²) in [5.74, 6) is -1.60. The highest BCUT2D eigenvalue weighted by atomic mass is 32.1. The van der Waals surface area contributed by atoms with Gasteiger partial charge in [0.25, 0.3) is 5.91 Å². The van der Waals surface area contributed by atoms with Crippen LogP contribution in [0.3, 0.4) is 0 Å². The molecule has 0 radical (unpaired) electrons. The Bertz CT molecular complexity index is 869. The second-order valence-electron chi connectivity index (χ2n) is 5.92. The fraction of sp³-hybridized carbons (Fsp3) is 0.316. The van der Waals surface area contributed by atoms with E-state index in [1.165, 1.54) is 18.4 Å². The Hall–Kier alpha value is -2.67. The zero-order valence-electron chi connectivity index (χ0n) is 15.4. The molecule has 0 fully saturated rings. The second kappa shape index (κ2) is 8.14. The van der Waals surface area contributed by atoms with Crippen molar-refractivity contribution in [3.63, 3.8) is 0 Å². The van der Waals surface area contributed by atoms with Crippen LogP contribution in [-0.2, 0) is 14.3 Å². The van der Waals surface area contributed by atoms with Crippen LogP contribution in [-0.4, -0.2) is 31.6 Å². The van der Waals surface area contributed by atoms with Crippen LogP contribution in [0.25, 0.3) is 0 Å². The molecule has 0 aliphatic heterocycles. The SMILES string of the molecule is COC(=O)c1c(NC(=O)COC(=O)c2cc(C)ccc2C)sc(C)c1C. The van der Waals surface area contributed by atoms with Gasteiger partial charge in [0.2, 0.25) is 0 Å². The Labute approximate surface area is 156 Å². The maximum Gasteiger partial charge on any atom is 0.341 e. The lowest BCUT2D eigenvalue weighted by atomic mass is 10.1. The van der Waals surface area contributed by atoms with E-state index in [1.54, 1.807) is 19.9 Å². The lowest BCUT2D eigenvalue weighted by molar-refractivity contribution is -0.119. The fourth-order valence-electron chi connectivity index (χ4n) is 2.39. The van der Waals surface area contributed by atoms with E-state index in [4.69, 9.17) is 9.47 Å². The van der Waals surface area contributed by atoms with Crippen LogP contribution in [0, 0.1) is 27.7 Å². The Morgan fingerprint density at radius 2 is 1.77 bits per heavy atom. The maximum absolute atomic E-state index is 12.2. The van der Waals surface area contributed by atoms with Crippen LogP contribution in [0.15, 0.2) is 18.2 Å². The van der Waals surface area contributed by atoms with E-state index >= 15 is 0 Å². The third-order valence-electron chi connectivity index (χ3n) is 3.98. The maximum atomic E-state index is 12.2. The molecular formula is C19H21NO5S. The molecular weight excluding hydrogens is 354 g/mol. The summed E-state index contributed by atoms with van der Waals surface area (Å²) in [7, 11) is 1.28. The number of esters is 2. The monoisotopic (exact) mass is 375 g/mol. The molecule has 0 saturated heterocycles. The highest BCUT2D eigenvalue weighted by Gasteiger charge is 2.22. The molecule has 0 aliphatic carbocycles. The smallest absolute Gasteiger partial charge is 0.341 e. The van der Waals surface area contributed by atoms with Crippen molar-refractivity contribution in [2.45, 2.75) is 27.7 Å². The molecule has 2 aromatic rings. The van der Waals surface area contributed by atoms with Crippen LogP contribution >= 0.6 is 11.3 Å². The summed E-state index contributed by atoms with van der Waals surface area (Å²) < 4.78 is 9.86. The quantitative estimate of drug-likeness (QED) is 0.808. The topological polar surface area (TPSA) is 81.7 Å². The van der Waals surface area contributed by atoms with Gasteiger partial charge in [0.1, 0.15) is 5.00 Å². The third-order valence-corrected chi connectivity index (χ3v) is 5.10. The van der Waals surface area contributed by atoms with Gasteiger partial charge in [-0.15, -0.1) is 11.3 Å². The van der Waals surface area contributed by atoms with Crippen molar-refractivity contribution >= 4 is 34.2 Å². The molecule has 26 heavy (non-hydrogen) atoms. The molecule has 1 N–H and O–H groups in total. The number of hydrogen-bond donors (Lipinski definition) is 1. The van der Waals surface area contributed by atoms with Gasteiger partial charge in [0, 0.05) is 4.88 Å². The largest absolute Gasteiger partial charge is 0.465 e. The third kappa shape index (κ3) is 4.29. The summed E-state index contributed by atoms with van der Waals surface area (Å²) in [6, 6.07) is 5.44. The molecule has 0 saturated carbocycles. The van der Waals surface area contributed by atoms with Crippen molar-refractivity contribution in [3.8, 4) is 0 Å². The number of rotatable bonds is 5. The Kier molecular flexibility index (Phi) is 6.15. The molecule has 0 aliphatic rings. The minimum Gasteiger partial charge on any atom is -0.465 e. The van der Waals surface area contributed by atoms with E-state index in [2.05, 4.69) is 5.32 Å². The normalized spacial score (nSPS) is 10.3. The standard InChI is InChI=1S/C19H21NO5S/c1-10-6-7-11(2)14(8-10)18(22)25-9-15(21)20-17-16(19(23)24-5)12(3)13(4)26-17/h6-8H,9H2,1-5H3,(H,20,21). The molecule has 0 atom stereocenters. The van der Waals surface area contributed by atoms with Gasteiger partial charge in [-0.3, -0.25) is 4.79 Å². The van der Waals surface area contributed by atoms with Gasteiger partial charge in [-0.1, -0.05) is 17.7 Å². The van der Waals surface area contributed by atoms with Crippen molar-refractivity contribution in [1.29, 1.82) is 0 Å². The number of aryl methyl sites for hydroxylation is 3. The Balaban J connectivity index is 2.06. The Morgan fingerprint density at radius 1 is 1.08 bits per heavy atom. The molecule has 6 nitrogen and oxygen atoms in total. The van der Waals surface area contributed by atoms with Gasteiger partial charge in [-0.05, 0) is 44.9 Å². The zero-order chi connectivity index (χ0) is 19.4. The highest BCUT2D eigenvalue weighted by molar-refractivity contribution is 7.16. The minimum atomic E-state index is -0.562. The predicted octanol–water partition coefficient (Wildman–Crippen LogP) is 3.56. The summed E-state index contributed by atoms with van der Waals surface area (Å²) in [6.45, 7) is 6.87. The van der Waals surface area contributed by atoms with Crippen LogP contribution < -0.4 is 5.32 Å². The number of ether oxygens (including phenoxy) is 2. The molecule has 138 valence electrons. The van der Waals surface area contributed by atoms with Gasteiger partial charge in [-0.2, -0.15) is 0 Å². The van der Waals surface area contributed by atoms with Crippen LogP contribution in [0.5, 0.6) is 0 Å². The van der Waals surface area contributed by atoms with E-state index in [1.807, 2.05) is 26.0 Å². The van der Waals surface area contributed by atoms with E-state index in [9.17, 15) is 14.4 Å². The fourth-order valence-corrected chi connectivity index (χ4v) is 3.45. The van der Waals surface area contributed by atoms with Crippen LogP contribution in [0.1, 0.15) is 42.3 Å². The van der Waals surface area contributed by atoms with E-state index < -0.39 is 24.5 Å². The van der Waals surface area contributed by atoms with Crippen molar-refractivity contribution in [2.24, 2.45) is 0 Å². The molecule has 1 heterocycles. The van der Waals surface area contributed by atoms with E-state index in [0.717, 1.165) is 21.6 Å². The lowest BCUT2D eigenvalue weighted by Gasteiger charge is -2.09. The van der Waals surface area contributed by atoms with Gasteiger partial charge in [-0.25, -0.2) is 9.59 Å². The first-order valence-electron chi connectivity index (χ1n) is 7.97. The number of benzene rings is 1. The number of anilines is 1. The number of hydrogen-bond acceptors (Lipinski definition) is 6.